The molecule has 2 aromatic rings. The predicted molar refractivity (Wildman–Crippen MR) is 103 cm³/mol. The molecular formula is C20H20ClNO5. The van der Waals surface area contributed by atoms with E-state index in [1.54, 1.807) is 49.6 Å². The third-order valence-corrected chi connectivity index (χ3v) is 3.61. The van der Waals surface area contributed by atoms with Crippen LogP contribution < -0.4 is 14.8 Å². The van der Waals surface area contributed by atoms with Crippen LogP contribution in [0.3, 0.4) is 0 Å². The second kappa shape index (κ2) is 10.9. The minimum absolute atomic E-state index is 0.289. The van der Waals surface area contributed by atoms with Gasteiger partial charge in [0, 0.05) is 11.1 Å². The summed E-state index contributed by atoms with van der Waals surface area (Å²) >= 11 is 5.78. The minimum atomic E-state index is -0.606. The molecule has 0 aromatic heterocycles. The monoisotopic (exact) mass is 389 g/mol. The molecule has 0 aliphatic rings. The number of rotatable bonds is 9. The summed E-state index contributed by atoms with van der Waals surface area (Å²) < 4.78 is 15.4. The first-order valence-corrected chi connectivity index (χ1v) is 8.58. The van der Waals surface area contributed by atoms with Gasteiger partial charge in [-0.05, 0) is 48.0 Å². The molecule has 0 heterocycles. The van der Waals surface area contributed by atoms with Gasteiger partial charge in [0.25, 0.3) is 5.91 Å². The fourth-order valence-corrected chi connectivity index (χ4v) is 2.16. The summed E-state index contributed by atoms with van der Waals surface area (Å²) in [4.78, 5) is 23.3. The Kier molecular flexibility index (Phi) is 8.19. The number of hydrogen-bond acceptors (Lipinski definition) is 5. The Hall–Kier alpha value is -2.99. The second-order valence-corrected chi connectivity index (χ2v) is 5.81. The lowest BCUT2D eigenvalue weighted by Gasteiger charge is -2.08. The van der Waals surface area contributed by atoms with Crippen LogP contribution in [-0.2, 0) is 14.3 Å². The molecule has 0 aliphatic carbocycles. The molecule has 0 spiro atoms. The van der Waals surface area contributed by atoms with Gasteiger partial charge >= 0.3 is 5.97 Å². The highest BCUT2D eigenvalue weighted by atomic mass is 35.5. The molecule has 0 saturated heterocycles. The molecular weight excluding hydrogens is 370 g/mol. The first kappa shape index (κ1) is 20.3. The van der Waals surface area contributed by atoms with E-state index in [-0.39, 0.29) is 13.2 Å². The lowest BCUT2D eigenvalue weighted by molar-refractivity contribution is -0.143. The quantitative estimate of drug-likeness (QED) is 0.405. The summed E-state index contributed by atoms with van der Waals surface area (Å²) in [5.74, 6) is 0.330. The molecule has 27 heavy (non-hydrogen) atoms. The Morgan fingerprint density at radius 2 is 1.89 bits per heavy atom. The molecule has 1 amide bonds. The standard InChI is InChI=1S/C20H20ClNO5/c1-25-18-4-2-3-15(13-18)5-10-20(24)27-14-19(23)22-11-12-26-17-8-6-16(21)7-9-17/h2-10,13H,11-12,14H2,1H3,(H,22,23)/b10-5+. The zero-order valence-corrected chi connectivity index (χ0v) is 15.6. The van der Waals surface area contributed by atoms with Crippen LogP contribution in [0.2, 0.25) is 5.02 Å². The summed E-state index contributed by atoms with van der Waals surface area (Å²) in [6.07, 6.45) is 2.84. The van der Waals surface area contributed by atoms with Gasteiger partial charge in [-0.25, -0.2) is 4.79 Å². The number of esters is 1. The summed E-state index contributed by atoms with van der Waals surface area (Å²) in [6.45, 7) is 0.220. The minimum Gasteiger partial charge on any atom is -0.497 e. The normalized spacial score (nSPS) is 10.4. The Balaban J connectivity index is 1.63. The number of carbonyl (C=O) groups is 2. The van der Waals surface area contributed by atoms with Crippen molar-refractivity contribution in [3.05, 3.63) is 65.2 Å². The van der Waals surface area contributed by atoms with Crippen LogP contribution in [0.15, 0.2) is 54.6 Å². The van der Waals surface area contributed by atoms with Gasteiger partial charge in [0.1, 0.15) is 18.1 Å². The van der Waals surface area contributed by atoms with E-state index < -0.39 is 11.9 Å². The highest BCUT2D eigenvalue weighted by Crippen LogP contribution is 2.15. The summed E-state index contributed by atoms with van der Waals surface area (Å²) in [5, 5.41) is 3.22. The number of nitrogens with one attached hydrogen (secondary N) is 1. The molecule has 0 unspecified atom stereocenters. The maximum atomic E-state index is 11.7. The molecule has 7 heteroatoms. The number of amides is 1. The van der Waals surface area contributed by atoms with E-state index in [4.69, 9.17) is 25.8 Å². The van der Waals surface area contributed by atoms with Crippen molar-refractivity contribution in [3.8, 4) is 11.5 Å². The van der Waals surface area contributed by atoms with Crippen molar-refractivity contribution < 1.29 is 23.8 Å². The van der Waals surface area contributed by atoms with Gasteiger partial charge < -0.3 is 19.5 Å². The topological polar surface area (TPSA) is 73.9 Å². The average molecular weight is 390 g/mol. The van der Waals surface area contributed by atoms with E-state index >= 15 is 0 Å². The fraction of sp³-hybridized carbons (Fsp3) is 0.200. The average Bonchev–Trinajstić information content (AvgIpc) is 2.69. The lowest BCUT2D eigenvalue weighted by Crippen LogP contribution is -2.31. The predicted octanol–water partition coefficient (Wildman–Crippen LogP) is 3.10. The van der Waals surface area contributed by atoms with Crippen molar-refractivity contribution in [1.82, 2.24) is 5.32 Å². The van der Waals surface area contributed by atoms with E-state index in [1.165, 1.54) is 6.08 Å². The van der Waals surface area contributed by atoms with Crippen LogP contribution in [0, 0.1) is 0 Å². The summed E-state index contributed by atoms with van der Waals surface area (Å²) in [6, 6.07) is 14.1. The van der Waals surface area contributed by atoms with Crippen molar-refractivity contribution in [1.29, 1.82) is 0 Å². The Morgan fingerprint density at radius 1 is 1.11 bits per heavy atom. The third kappa shape index (κ3) is 7.83. The van der Waals surface area contributed by atoms with E-state index in [0.29, 0.717) is 23.1 Å². The molecule has 0 fully saturated rings. The van der Waals surface area contributed by atoms with E-state index in [2.05, 4.69) is 5.32 Å². The molecule has 2 aromatic carbocycles. The van der Waals surface area contributed by atoms with Crippen LogP contribution in [0.5, 0.6) is 11.5 Å². The summed E-state index contributed by atoms with van der Waals surface area (Å²) in [5.41, 5.74) is 0.787. The van der Waals surface area contributed by atoms with Crippen LogP contribution >= 0.6 is 11.6 Å². The molecule has 1 N–H and O–H groups in total. The molecule has 0 saturated carbocycles. The number of hydrogen-bond donors (Lipinski definition) is 1. The maximum absolute atomic E-state index is 11.7. The largest absolute Gasteiger partial charge is 0.497 e. The molecule has 2 rings (SSSR count). The highest BCUT2D eigenvalue weighted by molar-refractivity contribution is 6.30. The van der Waals surface area contributed by atoms with Gasteiger partial charge in [-0.2, -0.15) is 0 Å². The van der Waals surface area contributed by atoms with Gasteiger partial charge in [0.15, 0.2) is 6.61 Å². The van der Waals surface area contributed by atoms with E-state index in [1.807, 2.05) is 12.1 Å². The zero-order valence-electron chi connectivity index (χ0n) is 14.8. The zero-order chi connectivity index (χ0) is 19.5. The lowest BCUT2D eigenvalue weighted by atomic mass is 10.2. The second-order valence-electron chi connectivity index (χ2n) is 5.37. The van der Waals surface area contributed by atoms with Crippen molar-refractivity contribution in [2.75, 3.05) is 26.9 Å². The number of benzene rings is 2. The Labute approximate surface area is 162 Å². The van der Waals surface area contributed by atoms with Crippen LogP contribution in [-0.4, -0.2) is 38.7 Å². The first-order chi connectivity index (χ1) is 13.1. The van der Waals surface area contributed by atoms with E-state index in [0.717, 1.165) is 5.56 Å². The van der Waals surface area contributed by atoms with Gasteiger partial charge in [0.05, 0.1) is 13.7 Å². The Morgan fingerprint density at radius 3 is 2.63 bits per heavy atom. The van der Waals surface area contributed by atoms with Crippen LogP contribution in [0.4, 0.5) is 0 Å². The third-order valence-electron chi connectivity index (χ3n) is 3.36. The summed E-state index contributed by atoms with van der Waals surface area (Å²) in [7, 11) is 1.57. The molecule has 0 radical (unpaired) electrons. The number of methoxy groups -OCH3 is 1. The molecule has 0 atom stereocenters. The fourth-order valence-electron chi connectivity index (χ4n) is 2.04. The molecule has 0 aliphatic heterocycles. The molecule has 142 valence electrons. The number of ether oxygens (including phenoxy) is 3. The van der Waals surface area contributed by atoms with Crippen LogP contribution in [0.25, 0.3) is 6.08 Å². The van der Waals surface area contributed by atoms with Crippen molar-refractivity contribution in [2.24, 2.45) is 0 Å². The van der Waals surface area contributed by atoms with Crippen molar-refractivity contribution >= 4 is 29.6 Å². The highest BCUT2D eigenvalue weighted by Gasteiger charge is 2.05. The van der Waals surface area contributed by atoms with Crippen molar-refractivity contribution in [3.63, 3.8) is 0 Å². The van der Waals surface area contributed by atoms with Crippen LogP contribution in [0.1, 0.15) is 5.56 Å². The number of carbonyl (C=O) groups excluding carboxylic acids is 2. The van der Waals surface area contributed by atoms with Gasteiger partial charge in [-0.15, -0.1) is 0 Å². The van der Waals surface area contributed by atoms with Crippen molar-refractivity contribution in [2.45, 2.75) is 0 Å². The number of halogens is 1. The van der Waals surface area contributed by atoms with Gasteiger partial charge in [0.2, 0.25) is 0 Å². The smallest absolute Gasteiger partial charge is 0.331 e. The molecule has 6 nitrogen and oxygen atoms in total. The van der Waals surface area contributed by atoms with Gasteiger partial charge in [-0.3, -0.25) is 4.79 Å². The van der Waals surface area contributed by atoms with Gasteiger partial charge in [-0.1, -0.05) is 23.7 Å². The molecule has 0 bridgehead atoms. The maximum Gasteiger partial charge on any atom is 0.331 e. The SMILES string of the molecule is COc1cccc(/C=C/C(=O)OCC(=O)NCCOc2ccc(Cl)cc2)c1. The first-order valence-electron chi connectivity index (χ1n) is 8.21. The Bertz CT molecular complexity index is 789. The van der Waals surface area contributed by atoms with E-state index in [9.17, 15) is 9.59 Å².